The van der Waals surface area contributed by atoms with Crippen molar-refractivity contribution in [3.05, 3.63) is 101 Å². The van der Waals surface area contributed by atoms with Gasteiger partial charge in [-0.15, -0.1) is 0 Å². The molecule has 38 heavy (non-hydrogen) atoms. The van der Waals surface area contributed by atoms with Crippen LogP contribution in [0.2, 0.25) is 0 Å². The minimum absolute atomic E-state index is 0.140. The summed E-state index contributed by atoms with van der Waals surface area (Å²) in [4.78, 5) is 60.6. The Bertz CT molecular complexity index is 1450. The van der Waals surface area contributed by atoms with E-state index >= 15 is 0 Å². The molecule has 4 atom stereocenters. The Hall–Kier alpha value is -4.26. The summed E-state index contributed by atoms with van der Waals surface area (Å²) in [5.41, 5.74) is 2.53. The van der Waals surface area contributed by atoms with Gasteiger partial charge in [-0.25, -0.2) is 9.69 Å². The molecule has 3 fully saturated rings. The van der Waals surface area contributed by atoms with E-state index in [1.807, 2.05) is 80.6 Å². The number of imide groups is 2. The number of carbonyl (C=O) groups is 4. The first kappa shape index (κ1) is 24.1. The standard InChI is InChI=1S/C31H29N3O4/c1-4-32-27(35)24-25(28(32)36)31(18-21-8-6-5-7-9-21)29(37)33(23-16-12-20(3)13-17-23)30(38)34(31)26(24)22-14-10-19(2)11-15-22/h5-17,24-26H,4,18H2,1-3H3/t24?,25?,26?,31-/m1/s1. The zero-order valence-corrected chi connectivity index (χ0v) is 21.6. The van der Waals surface area contributed by atoms with Gasteiger partial charge in [0.2, 0.25) is 11.8 Å². The minimum Gasteiger partial charge on any atom is -0.300 e. The van der Waals surface area contributed by atoms with E-state index in [0.717, 1.165) is 22.3 Å². The van der Waals surface area contributed by atoms with Crippen LogP contribution in [0.25, 0.3) is 0 Å². The molecule has 3 heterocycles. The third-order valence-electron chi connectivity index (χ3n) is 8.32. The summed E-state index contributed by atoms with van der Waals surface area (Å²) < 4.78 is 0. The van der Waals surface area contributed by atoms with Crippen molar-refractivity contribution >= 4 is 29.4 Å². The Morgan fingerprint density at radius 1 is 0.763 bits per heavy atom. The summed E-state index contributed by atoms with van der Waals surface area (Å²) in [6.45, 7) is 5.89. The summed E-state index contributed by atoms with van der Waals surface area (Å²) in [5, 5.41) is 0. The predicted molar refractivity (Wildman–Crippen MR) is 142 cm³/mol. The first-order valence-electron chi connectivity index (χ1n) is 13.0. The molecule has 3 aromatic carbocycles. The molecule has 3 saturated heterocycles. The normalized spacial score (nSPS) is 26.4. The molecule has 3 aliphatic rings. The number of benzene rings is 3. The highest BCUT2D eigenvalue weighted by atomic mass is 16.2. The second-order valence-corrected chi connectivity index (χ2v) is 10.5. The molecule has 3 aromatic rings. The number of rotatable bonds is 5. The van der Waals surface area contributed by atoms with Gasteiger partial charge in [-0.3, -0.25) is 19.3 Å². The van der Waals surface area contributed by atoms with Crippen molar-refractivity contribution in [1.29, 1.82) is 0 Å². The highest BCUT2D eigenvalue weighted by Crippen LogP contribution is 2.59. The van der Waals surface area contributed by atoms with Crippen LogP contribution < -0.4 is 4.90 Å². The molecule has 7 heteroatoms. The molecule has 3 unspecified atom stereocenters. The van der Waals surface area contributed by atoms with Gasteiger partial charge in [0.1, 0.15) is 5.54 Å². The first-order valence-corrected chi connectivity index (χ1v) is 13.0. The molecule has 0 aromatic heterocycles. The quantitative estimate of drug-likeness (QED) is 0.378. The van der Waals surface area contributed by atoms with E-state index in [9.17, 15) is 19.2 Å². The molecule has 0 N–H and O–H groups in total. The zero-order valence-electron chi connectivity index (χ0n) is 21.6. The molecule has 0 bridgehead atoms. The summed E-state index contributed by atoms with van der Waals surface area (Å²) in [6, 6.07) is 23.0. The molecule has 0 spiro atoms. The maximum atomic E-state index is 14.6. The molecule has 192 valence electrons. The number of aryl methyl sites for hydroxylation is 2. The molecule has 3 aliphatic heterocycles. The van der Waals surface area contributed by atoms with Crippen LogP contribution in [-0.4, -0.2) is 45.6 Å². The average Bonchev–Trinajstić information content (AvgIpc) is 3.43. The number of fused-ring (bicyclic) bond motifs is 3. The van der Waals surface area contributed by atoms with Crippen molar-refractivity contribution < 1.29 is 19.2 Å². The van der Waals surface area contributed by atoms with E-state index in [-0.39, 0.29) is 24.8 Å². The van der Waals surface area contributed by atoms with Crippen molar-refractivity contribution in [2.75, 3.05) is 11.4 Å². The Labute approximate surface area is 221 Å². The van der Waals surface area contributed by atoms with Crippen molar-refractivity contribution in [1.82, 2.24) is 9.80 Å². The number of hydrogen-bond donors (Lipinski definition) is 0. The fourth-order valence-electron chi connectivity index (χ4n) is 6.57. The average molecular weight is 508 g/mol. The van der Waals surface area contributed by atoms with E-state index in [1.54, 1.807) is 24.0 Å². The van der Waals surface area contributed by atoms with E-state index in [4.69, 9.17) is 0 Å². The smallest absolute Gasteiger partial charge is 0.300 e. The number of carbonyl (C=O) groups excluding carboxylic acids is 4. The Balaban J connectivity index is 1.61. The number of anilines is 1. The lowest BCUT2D eigenvalue weighted by molar-refractivity contribution is -0.144. The van der Waals surface area contributed by atoms with Crippen molar-refractivity contribution in [3.63, 3.8) is 0 Å². The van der Waals surface area contributed by atoms with Gasteiger partial charge in [0.25, 0.3) is 5.91 Å². The lowest BCUT2D eigenvalue weighted by atomic mass is 9.75. The molecule has 5 amide bonds. The van der Waals surface area contributed by atoms with Gasteiger partial charge in [0.15, 0.2) is 0 Å². The van der Waals surface area contributed by atoms with Crippen LogP contribution in [0, 0.1) is 25.7 Å². The molecule has 6 rings (SSSR count). The Morgan fingerprint density at radius 3 is 1.97 bits per heavy atom. The number of urea groups is 1. The van der Waals surface area contributed by atoms with Gasteiger partial charge in [0, 0.05) is 13.0 Å². The van der Waals surface area contributed by atoms with Gasteiger partial charge in [-0.05, 0) is 44.0 Å². The number of likely N-dealkylation sites (tertiary alicyclic amines) is 1. The Morgan fingerprint density at radius 2 is 1.37 bits per heavy atom. The van der Waals surface area contributed by atoms with Crippen molar-refractivity contribution in [3.8, 4) is 0 Å². The second-order valence-electron chi connectivity index (χ2n) is 10.5. The van der Waals surface area contributed by atoms with Crippen LogP contribution in [0.5, 0.6) is 0 Å². The van der Waals surface area contributed by atoms with Gasteiger partial charge in [-0.1, -0.05) is 77.9 Å². The summed E-state index contributed by atoms with van der Waals surface area (Å²) >= 11 is 0. The second kappa shape index (κ2) is 8.65. The third-order valence-corrected chi connectivity index (χ3v) is 8.32. The van der Waals surface area contributed by atoms with Crippen LogP contribution in [-0.2, 0) is 20.8 Å². The zero-order chi connectivity index (χ0) is 26.8. The highest BCUT2D eigenvalue weighted by molar-refractivity contribution is 6.27. The number of amides is 5. The number of hydrogen-bond acceptors (Lipinski definition) is 4. The van der Waals surface area contributed by atoms with E-state index in [2.05, 4.69) is 0 Å². The van der Waals surface area contributed by atoms with Gasteiger partial charge in [0.05, 0.1) is 23.6 Å². The Kier molecular flexibility index (Phi) is 5.49. The summed E-state index contributed by atoms with van der Waals surface area (Å²) in [6.07, 6.45) is 0.140. The first-order chi connectivity index (χ1) is 18.3. The van der Waals surface area contributed by atoms with Crippen LogP contribution in [0.15, 0.2) is 78.9 Å². The monoisotopic (exact) mass is 507 g/mol. The summed E-state index contributed by atoms with van der Waals surface area (Å²) in [5.74, 6) is -2.98. The molecule has 0 radical (unpaired) electrons. The third kappa shape index (κ3) is 3.20. The minimum atomic E-state index is -1.53. The SMILES string of the molecule is CCN1C(=O)C2C(c3ccc(C)cc3)N3C(=O)N(c4ccc(C)cc4)C(=O)[C@@]3(Cc3ccccc3)C2C1=O. The van der Waals surface area contributed by atoms with Crippen LogP contribution in [0.3, 0.4) is 0 Å². The molecule has 7 nitrogen and oxygen atoms in total. The van der Waals surface area contributed by atoms with Crippen LogP contribution in [0.4, 0.5) is 10.5 Å². The van der Waals surface area contributed by atoms with Crippen LogP contribution in [0.1, 0.15) is 35.2 Å². The van der Waals surface area contributed by atoms with E-state index in [0.29, 0.717) is 5.69 Å². The van der Waals surface area contributed by atoms with Crippen molar-refractivity contribution in [2.45, 2.75) is 38.8 Å². The highest BCUT2D eigenvalue weighted by Gasteiger charge is 2.77. The molecule has 0 aliphatic carbocycles. The van der Waals surface area contributed by atoms with Crippen LogP contribution >= 0.6 is 0 Å². The van der Waals surface area contributed by atoms with E-state index < -0.39 is 35.4 Å². The summed E-state index contributed by atoms with van der Waals surface area (Å²) in [7, 11) is 0. The fraction of sp³-hybridized carbons (Fsp3) is 0.290. The maximum absolute atomic E-state index is 14.6. The van der Waals surface area contributed by atoms with Crippen molar-refractivity contribution in [2.24, 2.45) is 11.8 Å². The van der Waals surface area contributed by atoms with Gasteiger partial charge >= 0.3 is 6.03 Å². The molecule has 0 saturated carbocycles. The molecular formula is C31H29N3O4. The van der Waals surface area contributed by atoms with Gasteiger partial charge < -0.3 is 4.90 Å². The fourth-order valence-corrected chi connectivity index (χ4v) is 6.57. The largest absolute Gasteiger partial charge is 0.332 e. The lowest BCUT2D eigenvalue weighted by Gasteiger charge is -2.35. The van der Waals surface area contributed by atoms with Gasteiger partial charge in [-0.2, -0.15) is 0 Å². The number of nitrogens with zero attached hydrogens (tertiary/aromatic N) is 3. The topological polar surface area (TPSA) is 78.0 Å². The molecular weight excluding hydrogens is 478 g/mol. The maximum Gasteiger partial charge on any atom is 0.332 e. The predicted octanol–water partition coefficient (Wildman–Crippen LogP) is 4.43. The lowest BCUT2D eigenvalue weighted by Crippen LogP contribution is -2.55. The van der Waals surface area contributed by atoms with E-state index in [1.165, 1.54) is 9.80 Å².